The minimum Gasteiger partial charge on any atom is -0.497 e. The van der Waals surface area contributed by atoms with Crippen molar-refractivity contribution in [2.45, 2.75) is 20.3 Å². The van der Waals surface area contributed by atoms with Crippen molar-refractivity contribution in [1.29, 1.82) is 0 Å². The van der Waals surface area contributed by atoms with Crippen molar-refractivity contribution in [1.82, 2.24) is 5.32 Å². The van der Waals surface area contributed by atoms with Crippen molar-refractivity contribution in [3.8, 4) is 11.5 Å². The molecule has 112 valence electrons. The summed E-state index contributed by atoms with van der Waals surface area (Å²) in [7, 11) is 1.59. The van der Waals surface area contributed by atoms with Gasteiger partial charge < -0.3 is 19.9 Å². The second-order valence-electron chi connectivity index (χ2n) is 5.38. The van der Waals surface area contributed by atoms with Crippen molar-refractivity contribution in [2.75, 3.05) is 26.9 Å². The average Bonchev–Trinajstić information content (AvgIpc) is 2.43. The van der Waals surface area contributed by atoms with E-state index in [0.717, 1.165) is 5.75 Å². The number of methoxy groups -OCH3 is 1. The van der Waals surface area contributed by atoms with Gasteiger partial charge in [0.05, 0.1) is 7.11 Å². The molecule has 0 heterocycles. The molecule has 5 nitrogen and oxygen atoms in total. The number of ether oxygens (including phenoxy) is 2. The molecular weight excluding hydrogens is 258 g/mol. The standard InChI is InChI=1S/C15H23NO4/c1-15(2,8-9-17)11-16-14(18)10-20-13-6-4-12(19-3)5-7-13/h4-7,17H,8-11H2,1-3H3,(H,16,18). The molecule has 5 heteroatoms. The number of carbonyl (C=O) groups excluding carboxylic acids is 1. The molecule has 0 fully saturated rings. The Labute approximate surface area is 119 Å². The van der Waals surface area contributed by atoms with Gasteiger partial charge in [-0.05, 0) is 36.1 Å². The van der Waals surface area contributed by atoms with Crippen LogP contribution in [0.5, 0.6) is 11.5 Å². The van der Waals surface area contributed by atoms with E-state index in [9.17, 15) is 4.79 Å². The van der Waals surface area contributed by atoms with Crippen LogP contribution in [0.2, 0.25) is 0 Å². The summed E-state index contributed by atoms with van der Waals surface area (Å²) in [4.78, 5) is 11.7. The molecule has 0 unspecified atom stereocenters. The molecule has 0 aliphatic carbocycles. The number of aliphatic hydroxyl groups is 1. The molecule has 0 saturated carbocycles. The third-order valence-electron chi connectivity index (χ3n) is 2.98. The van der Waals surface area contributed by atoms with E-state index in [0.29, 0.717) is 18.7 Å². The van der Waals surface area contributed by atoms with Crippen molar-refractivity contribution < 1.29 is 19.4 Å². The van der Waals surface area contributed by atoms with Crippen molar-refractivity contribution in [3.63, 3.8) is 0 Å². The van der Waals surface area contributed by atoms with Gasteiger partial charge in [-0.1, -0.05) is 13.8 Å². The maximum atomic E-state index is 11.7. The van der Waals surface area contributed by atoms with Crippen LogP contribution in [0.25, 0.3) is 0 Å². The van der Waals surface area contributed by atoms with Crippen LogP contribution in [0.15, 0.2) is 24.3 Å². The molecule has 0 aromatic heterocycles. The zero-order chi connectivity index (χ0) is 15.0. The fourth-order valence-electron chi connectivity index (χ4n) is 1.60. The van der Waals surface area contributed by atoms with Gasteiger partial charge in [0.25, 0.3) is 5.91 Å². The van der Waals surface area contributed by atoms with Crippen molar-refractivity contribution >= 4 is 5.91 Å². The highest BCUT2D eigenvalue weighted by Gasteiger charge is 2.18. The first kappa shape index (κ1) is 16.3. The number of hydrogen-bond donors (Lipinski definition) is 2. The molecule has 0 radical (unpaired) electrons. The smallest absolute Gasteiger partial charge is 0.257 e. The number of carbonyl (C=O) groups is 1. The zero-order valence-electron chi connectivity index (χ0n) is 12.3. The van der Waals surface area contributed by atoms with Crippen molar-refractivity contribution in [3.05, 3.63) is 24.3 Å². The predicted octanol–water partition coefficient (Wildman–Crippen LogP) is 1.60. The summed E-state index contributed by atoms with van der Waals surface area (Å²) >= 11 is 0. The summed E-state index contributed by atoms with van der Waals surface area (Å²) in [5.74, 6) is 1.19. The van der Waals surface area contributed by atoms with Gasteiger partial charge in [0.15, 0.2) is 6.61 Å². The predicted molar refractivity (Wildman–Crippen MR) is 77.0 cm³/mol. The van der Waals surface area contributed by atoms with Crippen LogP contribution in [0.3, 0.4) is 0 Å². The van der Waals surface area contributed by atoms with Crippen LogP contribution < -0.4 is 14.8 Å². The summed E-state index contributed by atoms with van der Waals surface area (Å²) in [6.45, 7) is 4.59. The third kappa shape index (κ3) is 5.93. The quantitative estimate of drug-likeness (QED) is 0.759. The Hall–Kier alpha value is -1.75. The number of rotatable bonds is 8. The molecule has 0 bridgehead atoms. The highest BCUT2D eigenvalue weighted by molar-refractivity contribution is 5.77. The van der Waals surface area contributed by atoms with E-state index in [1.165, 1.54) is 0 Å². The van der Waals surface area contributed by atoms with Crippen LogP contribution in [0, 0.1) is 5.41 Å². The molecule has 1 aromatic rings. The molecule has 0 aliphatic heterocycles. The fraction of sp³-hybridized carbons (Fsp3) is 0.533. The lowest BCUT2D eigenvalue weighted by molar-refractivity contribution is -0.123. The molecule has 1 rings (SSSR count). The average molecular weight is 281 g/mol. The lowest BCUT2D eigenvalue weighted by Crippen LogP contribution is -2.37. The van der Waals surface area contributed by atoms with Crippen LogP contribution in [0.1, 0.15) is 20.3 Å². The van der Waals surface area contributed by atoms with E-state index in [4.69, 9.17) is 14.6 Å². The van der Waals surface area contributed by atoms with Gasteiger partial charge in [-0.15, -0.1) is 0 Å². The molecule has 20 heavy (non-hydrogen) atoms. The van der Waals surface area contributed by atoms with E-state index in [-0.39, 0.29) is 24.5 Å². The van der Waals surface area contributed by atoms with Gasteiger partial charge in [0, 0.05) is 13.2 Å². The number of nitrogens with one attached hydrogen (secondary N) is 1. The molecule has 0 aliphatic rings. The van der Waals surface area contributed by atoms with E-state index in [1.807, 2.05) is 13.8 Å². The minimum absolute atomic E-state index is 0.0263. The highest BCUT2D eigenvalue weighted by atomic mass is 16.5. The SMILES string of the molecule is COc1ccc(OCC(=O)NCC(C)(C)CCO)cc1. The van der Waals surface area contributed by atoms with Gasteiger partial charge in [0.1, 0.15) is 11.5 Å². The van der Waals surface area contributed by atoms with E-state index in [1.54, 1.807) is 31.4 Å². The molecular formula is C15H23NO4. The minimum atomic E-state index is -0.174. The van der Waals surface area contributed by atoms with E-state index < -0.39 is 0 Å². The van der Waals surface area contributed by atoms with Gasteiger partial charge in [-0.2, -0.15) is 0 Å². The van der Waals surface area contributed by atoms with Crippen LogP contribution >= 0.6 is 0 Å². The Morgan fingerprint density at radius 2 is 1.85 bits per heavy atom. The second-order valence-corrected chi connectivity index (χ2v) is 5.38. The molecule has 0 spiro atoms. The summed E-state index contributed by atoms with van der Waals surface area (Å²) in [6.07, 6.45) is 0.645. The molecule has 1 amide bonds. The lowest BCUT2D eigenvalue weighted by atomic mass is 9.90. The Morgan fingerprint density at radius 3 is 2.40 bits per heavy atom. The van der Waals surface area contributed by atoms with Gasteiger partial charge >= 0.3 is 0 Å². The topological polar surface area (TPSA) is 67.8 Å². The lowest BCUT2D eigenvalue weighted by Gasteiger charge is -2.23. The molecule has 0 saturated heterocycles. The fourth-order valence-corrected chi connectivity index (χ4v) is 1.60. The van der Waals surface area contributed by atoms with Gasteiger partial charge in [-0.3, -0.25) is 4.79 Å². The van der Waals surface area contributed by atoms with Gasteiger partial charge in [0.2, 0.25) is 0 Å². The van der Waals surface area contributed by atoms with E-state index in [2.05, 4.69) is 5.32 Å². The van der Waals surface area contributed by atoms with Crippen molar-refractivity contribution in [2.24, 2.45) is 5.41 Å². The largest absolute Gasteiger partial charge is 0.497 e. The maximum Gasteiger partial charge on any atom is 0.257 e. The first-order chi connectivity index (χ1) is 9.46. The van der Waals surface area contributed by atoms with Gasteiger partial charge in [-0.25, -0.2) is 0 Å². The summed E-state index contributed by atoms with van der Waals surface area (Å²) in [6, 6.07) is 7.05. The molecule has 2 N–H and O–H groups in total. The maximum absolute atomic E-state index is 11.7. The first-order valence-corrected chi connectivity index (χ1v) is 6.61. The third-order valence-corrected chi connectivity index (χ3v) is 2.98. The van der Waals surface area contributed by atoms with Crippen LogP contribution in [-0.2, 0) is 4.79 Å². The monoisotopic (exact) mass is 281 g/mol. The number of hydrogen-bond acceptors (Lipinski definition) is 4. The number of aliphatic hydroxyl groups excluding tert-OH is 1. The summed E-state index contributed by atoms with van der Waals surface area (Å²) in [5.41, 5.74) is -0.121. The Kier molecular flexibility index (Phi) is 6.31. The van der Waals surface area contributed by atoms with Crippen LogP contribution in [-0.4, -0.2) is 37.9 Å². The Balaban J connectivity index is 2.32. The first-order valence-electron chi connectivity index (χ1n) is 6.61. The Morgan fingerprint density at radius 1 is 1.25 bits per heavy atom. The summed E-state index contributed by atoms with van der Waals surface area (Å²) < 4.78 is 10.4. The van der Waals surface area contributed by atoms with E-state index >= 15 is 0 Å². The molecule has 0 atom stereocenters. The summed E-state index contributed by atoms with van der Waals surface area (Å²) in [5, 5.41) is 11.7. The molecule has 1 aromatic carbocycles. The highest BCUT2D eigenvalue weighted by Crippen LogP contribution is 2.18. The number of benzene rings is 1. The van der Waals surface area contributed by atoms with Crippen LogP contribution in [0.4, 0.5) is 0 Å². The second kappa shape index (κ2) is 7.75. The normalized spacial score (nSPS) is 11.0. The zero-order valence-corrected chi connectivity index (χ0v) is 12.3. The Bertz CT molecular complexity index is 414. The number of amides is 1.